The highest BCUT2D eigenvalue weighted by molar-refractivity contribution is 9.10. The van der Waals surface area contributed by atoms with E-state index in [9.17, 15) is 4.79 Å². The van der Waals surface area contributed by atoms with Crippen molar-refractivity contribution in [1.82, 2.24) is 4.98 Å². The zero-order valence-electron chi connectivity index (χ0n) is 9.29. The minimum atomic E-state index is -0.923. The van der Waals surface area contributed by atoms with Gasteiger partial charge in [0.25, 0.3) is 0 Å². The van der Waals surface area contributed by atoms with Crippen LogP contribution >= 0.6 is 38.6 Å². The Labute approximate surface area is 124 Å². The minimum absolute atomic E-state index is 0.287. The summed E-state index contributed by atoms with van der Waals surface area (Å²) in [4.78, 5) is 16.1. The molecule has 0 bridgehead atoms. The highest BCUT2D eigenvalue weighted by Crippen LogP contribution is 2.33. The third-order valence-electron chi connectivity index (χ3n) is 2.39. The first-order chi connectivity index (χ1) is 9.13. The minimum Gasteiger partial charge on any atom is -0.478 e. The van der Waals surface area contributed by atoms with Gasteiger partial charge in [-0.05, 0) is 34.1 Å². The second-order valence-electron chi connectivity index (χ2n) is 3.65. The van der Waals surface area contributed by atoms with Gasteiger partial charge in [-0.25, -0.2) is 9.78 Å². The van der Waals surface area contributed by atoms with Gasteiger partial charge in [0.1, 0.15) is 0 Å². The van der Waals surface area contributed by atoms with Crippen LogP contribution in [-0.4, -0.2) is 16.1 Å². The SMILES string of the molecule is O=C(O)c1csc(-c2csc(-c3ccc(Br)o3)n2)c1. The summed E-state index contributed by atoms with van der Waals surface area (Å²) in [5.74, 6) is -0.231. The predicted molar refractivity (Wildman–Crippen MR) is 77.8 cm³/mol. The molecule has 0 aromatic carbocycles. The molecule has 0 aliphatic carbocycles. The lowest BCUT2D eigenvalue weighted by molar-refractivity contribution is 0.0697. The number of furan rings is 1. The molecule has 0 unspecified atom stereocenters. The summed E-state index contributed by atoms with van der Waals surface area (Å²) >= 11 is 6.08. The maximum atomic E-state index is 10.8. The molecule has 7 heteroatoms. The number of thiophene rings is 1. The fraction of sp³-hybridized carbons (Fsp3) is 0. The molecule has 0 atom stereocenters. The Bertz CT molecular complexity index is 744. The van der Waals surface area contributed by atoms with Gasteiger partial charge in [0, 0.05) is 10.8 Å². The number of rotatable bonds is 3. The molecule has 0 saturated carbocycles. The van der Waals surface area contributed by atoms with E-state index < -0.39 is 5.97 Å². The largest absolute Gasteiger partial charge is 0.478 e. The van der Waals surface area contributed by atoms with E-state index in [2.05, 4.69) is 20.9 Å². The average molecular weight is 356 g/mol. The molecule has 3 aromatic rings. The van der Waals surface area contributed by atoms with Gasteiger partial charge < -0.3 is 9.52 Å². The maximum absolute atomic E-state index is 10.8. The number of halogens is 1. The summed E-state index contributed by atoms with van der Waals surface area (Å²) in [6.07, 6.45) is 0. The summed E-state index contributed by atoms with van der Waals surface area (Å²) < 4.78 is 6.09. The molecule has 0 aliphatic rings. The maximum Gasteiger partial charge on any atom is 0.336 e. The van der Waals surface area contributed by atoms with Crippen LogP contribution in [0.25, 0.3) is 21.3 Å². The second kappa shape index (κ2) is 4.92. The fourth-order valence-corrected chi connectivity index (χ4v) is 3.52. The molecule has 19 heavy (non-hydrogen) atoms. The summed E-state index contributed by atoms with van der Waals surface area (Å²) in [6, 6.07) is 5.28. The number of aromatic nitrogens is 1. The molecule has 0 radical (unpaired) electrons. The van der Waals surface area contributed by atoms with Crippen molar-refractivity contribution in [3.8, 4) is 21.3 Å². The van der Waals surface area contributed by atoms with E-state index in [-0.39, 0.29) is 5.56 Å². The smallest absolute Gasteiger partial charge is 0.336 e. The van der Waals surface area contributed by atoms with Gasteiger partial charge in [-0.3, -0.25) is 0 Å². The molecule has 4 nitrogen and oxygen atoms in total. The van der Waals surface area contributed by atoms with Crippen molar-refractivity contribution < 1.29 is 14.3 Å². The third-order valence-corrected chi connectivity index (χ3v) is 4.62. The lowest BCUT2D eigenvalue weighted by Gasteiger charge is -1.89. The van der Waals surface area contributed by atoms with Crippen LogP contribution in [0.15, 0.2) is 38.0 Å². The van der Waals surface area contributed by atoms with E-state index in [4.69, 9.17) is 9.52 Å². The van der Waals surface area contributed by atoms with Gasteiger partial charge >= 0.3 is 5.97 Å². The Morgan fingerprint density at radius 1 is 1.32 bits per heavy atom. The molecule has 0 saturated heterocycles. The summed E-state index contributed by atoms with van der Waals surface area (Å²) in [5, 5.41) is 13.2. The van der Waals surface area contributed by atoms with Crippen LogP contribution in [0.3, 0.4) is 0 Å². The predicted octanol–water partition coefficient (Wildman–Crippen LogP) is 4.59. The van der Waals surface area contributed by atoms with E-state index in [1.165, 1.54) is 22.7 Å². The molecule has 1 N–H and O–H groups in total. The highest BCUT2D eigenvalue weighted by atomic mass is 79.9. The van der Waals surface area contributed by atoms with E-state index in [1.54, 1.807) is 11.4 Å². The summed E-state index contributed by atoms with van der Waals surface area (Å²) in [7, 11) is 0. The molecule has 3 aromatic heterocycles. The second-order valence-corrected chi connectivity index (χ2v) is 6.20. The third kappa shape index (κ3) is 2.49. The molecule has 0 aliphatic heterocycles. The van der Waals surface area contributed by atoms with E-state index >= 15 is 0 Å². The van der Waals surface area contributed by atoms with Crippen LogP contribution in [0.4, 0.5) is 0 Å². The van der Waals surface area contributed by atoms with Crippen LogP contribution < -0.4 is 0 Å². The van der Waals surface area contributed by atoms with Crippen molar-refractivity contribution in [2.45, 2.75) is 0 Å². The number of aromatic carboxylic acids is 1. The van der Waals surface area contributed by atoms with Gasteiger partial charge in [-0.2, -0.15) is 0 Å². The van der Waals surface area contributed by atoms with E-state index in [1.807, 2.05) is 17.5 Å². The lowest BCUT2D eigenvalue weighted by atomic mass is 10.3. The Hall–Kier alpha value is -1.44. The van der Waals surface area contributed by atoms with E-state index in [0.29, 0.717) is 10.4 Å². The molecule has 0 amide bonds. The quantitative estimate of drug-likeness (QED) is 0.745. The number of hydrogen-bond acceptors (Lipinski definition) is 5. The zero-order valence-corrected chi connectivity index (χ0v) is 12.5. The van der Waals surface area contributed by atoms with Crippen molar-refractivity contribution in [1.29, 1.82) is 0 Å². The van der Waals surface area contributed by atoms with Crippen LogP contribution in [0.5, 0.6) is 0 Å². The van der Waals surface area contributed by atoms with Crippen LogP contribution in [-0.2, 0) is 0 Å². The Morgan fingerprint density at radius 2 is 2.16 bits per heavy atom. The van der Waals surface area contributed by atoms with Crippen molar-refractivity contribution in [3.05, 3.63) is 39.2 Å². The number of hydrogen-bond donors (Lipinski definition) is 1. The molecule has 3 heterocycles. The fourth-order valence-electron chi connectivity index (χ4n) is 1.51. The van der Waals surface area contributed by atoms with Gasteiger partial charge in [0.05, 0.1) is 16.1 Å². The van der Waals surface area contributed by atoms with Crippen molar-refractivity contribution in [3.63, 3.8) is 0 Å². The Balaban J connectivity index is 1.94. The van der Waals surface area contributed by atoms with Crippen LogP contribution in [0.2, 0.25) is 0 Å². The first-order valence-electron chi connectivity index (χ1n) is 5.17. The highest BCUT2D eigenvalue weighted by Gasteiger charge is 2.13. The lowest BCUT2D eigenvalue weighted by Crippen LogP contribution is -1.91. The summed E-state index contributed by atoms with van der Waals surface area (Å²) in [5.41, 5.74) is 1.06. The summed E-state index contributed by atoms with van der Waals surface area (Å²) in [6.45, 7) is 0. The van der Waals surface area contributed by atoms with E-state index in [0.717, 1.165) is 15.6 Å². The molecular weight excluding hydrogens is 350 g/mol. The van der Waals surface area contributed by atoms with Gasteiger partial charge in [0.2, 0.25) is 0 Å². The molecule has 0 fully saturated rings. The first-order valence-corrected chi connectivity index (χ1v) is 7.72. The molecule has 96 valence electrons. The number of thiazole rings is 1. The van der Waals surface area contributed by atoms with Crippen LogP contribution in [0, 0.1) is 0 Å². The van der Waals surface area contributed by atoms with Gasteiger partial charge in [-0.1, -0.05) is 0 Å². The monoisotopic (exact) mass is 355 g/mol. The number of carboxylic acids is 1. The number of carbonyl (C=O) groups is 1. The van der Waals surface area contributed by atoms with Crippen LogP contribution in [0.1, 0.15) is 10.4 Å². The molecule has 3 rings (SSSR count). The first kappa shape index (κ1) is 12.6. The average Bonchev–Trinajstić information content (AvgIpc) is 3.07. The standard InChI is InChI=1S/C12H6BrNO3S2/c13-10-2-1-8(17-10)11-14-7(5-19-11)9-3-6(4-18-9)12(15)16/h1-5H,(H,15,16). The van der Waals surface area contributed by atoms with Crippen molar-refractivity contribution in [2.75, 3.05) is 0 Å². The number of nitrogens with zero attached hydrogens (tertiary/aromatic N) is 1. The Kier molecular flexibility index (Phi) is 3.26. The normalized spacial score (nSPS) is 10.8. The van der Waals surface area contributed by atoms with Crippen molar-refractivity contribution >= 4 is 44.6 Å². The molecular formula is C12H6BrNO3S2. The Morgan fingerprint density at radius 3 is 2.79 bits per heavy atom. The zero-order chi connectivity index (χ0) is 13.4. The topological polar surface area (TPSA) is 63.3 Å². The van der Waals surface area contributed by atoms with Gasteiger partial charge in [0.15, 0.2) is 15.4 Å². The van der Waals surface area contributed by atoms with Crippen molar-refractivity contribution in [2.24, 2.45) is 0 Å². The van der Waals surface area contributed by atoms with Gasteiger partial charge in [-0.15, -0.1) is 22.7 Å². The number of carboxylic acid groups (broad SMARTS) is 1. The molecule has 0 spiro atoms.